The quantitative estimate of drug-likeness (QED) is 0.109. The predicted molar refractivity (Wildman–Crippen MR) is 528 cm³/mol. The molecule has 17 aliphatic rings. The average molecular weight is 1790 g/mol. The van der Waals surface area contributed by atoms with E-state index < -0.39 is 56.9 Å². The summed E-state index contributed by atoms with van der Waals surface area (Å²) in [5.41, 5.74) is 19.8. The molecule has 1 aromatic carbocycles. The number of carbonyl (C=O) groups excluding carboxylic acids is 1. The molecular formula is C118H176O12. The highest BCUT2D eigenvalue weighted by atomic mass is 16.5. The summed E-state index contributed by atoms with van der Waals surface area (Å²) >= 11 is 0. The summed E-state index contributed by atoms with van der Waals surface area (Å²) in [7, 11) is 1.54. The van der Waals surface area contributed by atoms with Gasteiger partial charge in [0.1, 0.15) is 0 Å². The number of benzene rings is 1. The average Bonchev–Trinajstić information content (AvgIpc) is 0.746. The molecule has 18 rings (SSSR count). The second-order valence-corrected chi connectivity index (χ2v) is 49.7. The van der Waals surface area contributed by atoms with Crippen LogP contribution in [0.2, 0.25) is 0 Å². The first kappa shape index (κ1) is 101. The molecule has 0 bridgehead atoms. The van der Waals surface area contributed by atoms with Crippen LogP contribution in [0, 0.1) is 143 Å². The van der Waals surface area contributed by atoms with Crippen LogP contribution in [0.25, 0.3) is 0 Å². The van der Waals surface area contributed by atoms with Crippen LogP contribution in [0.4, 0.5) is 0 Å². The Bertz CT molecular complexity index is 4700. The molecule has 0 spiro atoms. The normalized spacial score (nSPS) is 40.0. The van der Waals surface area contributed by atoms with Gasteiger partial charge in [-0.25, -0.2) is 0 Å². The van der Waals surface area contributed by atoms with Crippen molar-refractivity contribution in [2.75, 3.05) is 7.11 Å². The number of carboxylic acid groups (broad SMARTS) is 5. The second-order valence-electron chi connectivity index (χ2n) is 49.7. The second kappa shape index (κ2) is 38.7. The van der Waals surface area contributed by atoms with E-state index in [0.29, 0.717) is 71.0 Å². The van der Waals surface area contributed by atoms with E-state index in [2.05, 4.69) is 178 Å². The van der Waals surface area contributed by atoms with Crippen molar-refractivity contribution in [1.82, 2.24) is 0 Å². The molecule has 5 N–H and O–H groups in total. The first-order chi connectivity index (χ1) is 61.0. The first-order valence-corrected chi connectivity index (χ1v) is 52.7. The number of hydrogen-bond acceptors (Lipinski definition) is 7. The summed E-state index contributed by atoms with van der Waals surface area (Å²) in [5.74, 6) is 4.88. The van der Waals surface area contributed by atoms with Crippen molar-refractivity contribution in [3.8, 4) is 0 Å². The van der Waals surface area contributed by atoms with Crippen LogP contribution in [0.5, 0.6) is 0 Å². The molecule has 17 aliphatic carbocycles. The lowest BCUT2D eigenvalue weighted by Gasteiger charge is -2.58. The van der Waals surface area contributed by atoms with Gasteiger partial charge in [0.25, 0.3) is 0 Å². The Morgan fingerprint density at radius 1 is 0.392 bits per heavy atom. The van der Waals surface area contributed by atoms with Crippen molar-refractivity contribution >= 4 is 35.8 Å². The van der Waals surface area contributed by atoms with Gasteiger partial charge in [-0.15, -0.1) is 0 Å². The van der Waals surface area contributed by atoms with Crippen LogP contribution in [-0.2, 0) is 45.3 Å². The van der Waals surface area contributed by atoms with E-state index in [-0.39, 0.29) is 56.2 Å². The molecule has 0 heterocycles. The topological polar surface area (TPSA) is 213 Å². The Morgan fingerprint density at radius 2 is 0.869 bits per heavy atom. The maximum absolute atomic E-state index is 12.2. The van der Waals surface area contributed by atoms with Crippen LogP contribution in [0.1, 0.15) is 413 Å². The van der Waals surface area contributed by atoms with Crippen LogP contribution in [-0.4, -0.2) is 68.5 Å². The lowest BCUT2D eigenvalue weighted by molar-refractivity contribution is -0.165. The molecule has 23 atom stereocenters. The monoisotopic (exact) mass is 1790 g/mol. The van der Waals surface area contributed by atoms with Gasteiger partial charge in [-0.3, -0.25) is 28.8 Å². The van der Waals surface area contributed by atoms with Crippen LogP contribution >= 0.6 is 0 Å². The van der Waals surface area contributed by atoms with E-state index in [4.69, 9.17) is 4.74 Å². The molecule has 7 unspecified atom stereocenters. The number of esters is 1. The zero-order chi connectivity index (χ0) is 94.9. The van der Waals surface area contributed by atoms with E-state index >= 15 is 0 Å². The van der Waals surface area contributed by atoms with Crippen molar-refractivity contribution < 1.29 is 59.0 Å². The zero-order valence-corrected chi connectivity index (χ0v) is 85.5. The van der Waals surface area contributed by atoms with E-state index in [1.54, 1.807) is 46.1 Å². The Kier molecular flexibility index (Phi) is 30.1. The number of carboxylic acids is 5. The maximum Gasteiger partial charge on any atom is 0.309 e. The Labute approximate surface area is 786 Å². The van der Waals surface area contributed by atoms with Crippen LogP contribution < -0.4 is 0 Å². The van der Waals surface area contributed by atoms with Crippen molar-refractivity contribution in [3.63, 3.8) is 0 Å². The molecule has 0 amide bonds. The molecule has 12 heteroatoms. The van der Waals surface area contributed by atoms with E-state index in [1.807, 2.05) is 34.6 Å². The molecule has 0 saturated heterocycles. The number of methoxy groups -OCH3 is 1. The van der Waals surface area contributed by atoms with E-state index in [0.717, 1.165) is 160 Å². The number of hydrogen-bond donors (Lipinski definition) is 5. The van der Waals surface area contributed by atoms with Gasteiger partial charge in [0.05, 0.1) is 40.1 Å². The van der Waals surface area contributed by atoms with Crippen LogP contribution in [0.15, 0.2) is 122 Å². The van der Waals surface area contributed by atoms with Gasteiger partial charge in [-0.05, 0) is 414 Å². The van der Waals surface area contributed by atoms with Gasteiger partial charge >= 0.3 is 35.8 Å². The molecule has 720 valence electrons. The molecular weight excluding hydrogens is 1610 g/mol. The fraction of sp³-hybridized carbons (Fsp3) is 0.746. The van der Waals surface area contributed by atoms with Gasteiger partial charge in [0, 0.05) is 0 Å². The van der Waals surface area contributed by atoms with Crippen molar-refractivity contribution in [2.24, 2.45) is 143 Å². The molecule has 1 aromatic rings. The first-order valence-electron chi connectivity index (χ1n) is 52.7. The van der Waals surface area contributed by atoms with Gasteiger partial charge < -0.3 is 30.3 Å². The van der Waals surface area contributed by atoms with Gasteiger partial charge in [-0.1, -0.05) is 242 Å². The summed E-state index contributed by atoms with van der Waals surface area (Å²) in [6.07, 6.45) is 58.6. The maximum atomic E-state index is 12.2. The molecule has 0 aliphatic heterocycles. The number of aliphatic carboxylic acids is 5. The molecule has 0 aromatic heterocycles. The van der Waals surface area contributed by atoms with Crippen molar-refractivity contribution in [2.45, 2.75) is 408 Å². The Morgan fingerprint density at radius 3 is 1.42 bits per heavy atom. The minimum Gasteiger partial charge on any atom is -0.481 e. The molecule has 9 saturated carbocycles. The number of allylic oxidation sites excluding steroid dienone is 18. The number of rotatable bonds is 10. The smallest absolute Gasteiger partial charge is 0.309 e. The summed E-state index contributed by atoms with van der Waals surface area (Å²) in [6, 6.07) is 6.92. The summed E-state index contributed by atoms with van der Waals surface area (Å²) < 4.78 is 5.10. The molecule has 0 radical (unpaired) electrons. The number of fused-ring (bicyclic) bond motifs is 17. The van der Waals surface area contributed by atoms with Crippen LogP contribution in [0.3, 0.4) is 0 Å². The number of aryl methyl sites for hydroxylation is 1. The largest absolute Gasteiger partial charge is 0.481 e. The standard InChI is InChI=1S/3C20H30O2.C20H28O2.C20H30O2.C18H28O2/c4*1-13(2)14-6-8-16-15(12-14)7-9-17-19(16,3)10-5-11-20(17,4)18(21)22;1-13(2)14-7-9-17-15(12-14)8-10-18-16(19(21)22-4)6-5-11-20(17,18)3;1-12-5-7-14-13(11-12)6-8-15-17(14,2)9-4-10-18(15,3)16(19)20/h12,16-17H,5-11H2,1-4H3,(H,21,22);12-13,17H,5-11H2,1-4H3,(H,21,22);7,12-13,16-17H,5-6,8-11H2,1-4H3,(H,21,22);6,8,12-13,17H,5,7,9-11H2,1-4H3,(H,21,22);7,12-13,16-18H,5-6,8-11H2,1-4H3;11-12,14-15H,4-10H2,1-3H3,(H,19,20)/t16?,17-,19-,20-;17?,19-,20-;16-,17+,19+,20+;;16?,17-,18?,20-;12-,14+,15-,17-,18-/m110.11/s1. The van der Waals surface area contributed by atoms with Gasteiger partial charge in [0.2, 0.25) is 0 Å². The minimum absolute atomic E-state index is 0.0223. The summed E-state index contributed by atoms with van der Waals surface area (Å²) in [5, 5.41) is 49.1. The highest BCUT2D eigenvalue weighted by Gasteiger charge is 2.64. The van der Waals surface area contributed by atoms with Gasteiger partial charge in [0.15, 0.2) is 0 Å². The van der Waals surface area contributed by atoms with Crippen molar-refractivity contribution in [3.05, 3.63) is 139 Å². The summed E-state index contributed by atoms with van der Waals surface area (Å²) in [4.78, 5) is 71.9. The SMILES string of the molecule is CC(C)=C1C=C2CC[C@H]3[C@](C)(C(=O)O)CCC[C@]3(C)C2CC1.CC(C)C1=CC2=C(CC1)[C@@]1(C)CCC[C@@](C)(C(=O)O)C1CC2.CC(C)C1=CC2=CC[C@@H]3[C@](C)(CCC[C@@]3(C)C(=O)O)[C@H]2CC1.CC(C)c1ccc2c(c1)CCC1C(C)(C(=O)O)CCCC21C.COC(=O)C1CCC[C@@]2(C)C1CCC1=CC(C(C)C)=CC[C@H]12.C[C@H]1C=C2CC[C@@H]3[C@](C)(CCC[C@@]3(C)C(=O)O)[C@H]2CC1. The third-order valence-electron chi connectivity index (χ3n) is 41.2. The fourth-order valence-corrected chi connectivity index (χ4v) is 33.2. The third kappa shape index (κ3) is 18.4. The zero-order valence-electron chi connectivity index (χ0n) is 85.5. The predicted octanol–water partition coefficient (Wildman–Crippen LogP) is 30.4. The lowest BCUT2D eigenvalue weighted by Crippen LogP contribution is -2.53. The molecule has 9 fully saturated rings. The highest BCUT2D eigenvalue weighted by molar-refractivity contribution is 5.78. The van der Waals surface area contributed by atoms with Crippen molar-refractivity contribution in [1.29, 1.82) is 0 Å². The Balaban J connectivity index is 0.000000133. The number of carbonyl (C=O) groups is 6. The number of ether oxygens (including phenoxy) is 1. The van der Waals surface area contributed by atoms with E-state index in [9.17, 15) is 54.3 Å². The minimum atomic E-state index is -0.606. The Hall–Kier alpha value is -6.30. The van der Waals surface area contributed by atoms with Gasteiger partial charge in [-0.2, -0.15) is 0 Å². The third-order valence-corrected chi connectivity index (χ3v) is 41.2. The lowest BCUT2D eigenvalue weighted by atomic mass is 9.46. The fourth-order valence-electron chi connectivity index (χ4n) is 33.2. The molecule has 12 nitrogen and oxygen atoms in total. The molecule has 130 heavy (non-hydrogen) atoms. The van der Waals surface area contributed by atoms with E-state index in [1.165, 1.54) is 129 Å². The highest BCUT2D eigenvalue weighted by Crippen LogP contribution is 2.69. The summed E-state index contributed by atoms with van der Waals surface area (Å²) in [6.45, 7) is 49.2.